The van der Waals surface area contributed by atoms with Gasteiger partial charge in [0.2, 0.25) is 0 Å². The highest BCUT2D eigenvalue weighted by molar-refractivity contribution is 7.11. The smallest absolute Gasteiger partial charge is 0.272 e. The third kappa shape index (κ3) is 4.12. The maximum atomic E-state index is 10.9. The number of nitrogens with one attached hydrogen (secondary N) is 1. The lowest BCUT2D eigenvalue weighted by Crippen LogP contribution is -2.27. The molecule has 112 valence electrons. The van der Waals surface area contributed by atoms with Crippen LogP contribution in [-0.4, -0.2) is 11.0 Å². The van der Waals surface area contributed by atoms with Gasteiger partial charge in [-0.25, -0.2) is 0 Å². The second-order valence-electron chi connectivity index (χ2n) is 5.32. The van der Waals surface area contributed by atoms with E-state index in [-0.39, 0.29) is 10.6 Å². The highest BCUT2D eigenvalue weighted by Crippen LogP contribution is 2.21. The van der Waals surface area contributed by atoms with Crippen LogP contribution in [0.25, 0.3) is 0 Å². The Morgan fingerprint density at radius 1 is 1.29 bits per heavy atom. The molecule has 0 aliphatic heterocycles. The van der Waals surface area contributed by atoms with Gasteiger partial charge in [0.15, 0.2) is 0 Å². The highest BCUT2D eigenvalue weighted by Gasteiger charge is 2.13. The number of thiophene rings is 1. The first-order valence-electron chi connectivity index (χ1n) is 6.99. The van der Waals surface area contributed by atoms with Crippen LogP contribution in [0, 0.1) is 24.0 Å². The summed E-state index contributed by atoms with van der Waals surface area (Å²) in [5, 5.41) is 14.4. The van der Waals surface area contributed by atoms with Crippen LogP contribution in [0.4, 0.5) is 5.69 Å². The van der Waals surface area contributed by atoms with Crippen molar-refractivity contribution in [1.29, 1.82) is 0 Å². The fraction of sp³-hybridized carbons (Fsp3) is 0.375. The molecule has 0 spiro atoms. The minimum Gasteiger partial charge on any atom is -0.310 e. The van der Waals surface area contributed by atoms with Gasteiger partial charge in [0.1, 0.15) is 0 Å². The van der Waals surface area contributed by atoms with Gasteiger partial charge >= 0.3 is 0 Å². The third-order valence-electron chi connectivity index (χ3n) is 3.56. The molecule has 1 aromatic carbocycles. The Labute approximate surface area is 129 Å². The summed E-state index contributed by atoms with van der Waals surface area (Å²) in [6.45, 7) is 6.71. The summed E-state index contributed by atoms with van der Waals surface area (Å²) < 4.78 is 0. The van der Waals surface area contributed by atoms with E-state index in [2.05, 4.69) is 31.3 Å². The number of benzene rings is 1. The van der Waals surface area contributed by atoms with E-state index in [1.807, 2.05) is 24.3 Å². The van der Waals surface area contributed by atoms with E-state index in [1.54, 1.807) is 12.1 Å². The standard InChI is InChI=1S/C16H20N2O2S/c1-11(9-15-8-7-12(2)21-15)17-10-14-5-4-6-16(13(14)3)18(19)20/h4-8,11,17H,9-10H2,1-3H3. The second kappa shape index (κ2) is 6.83. The summed E-state index contributed by atoms with van der Waals surface area (Å²) in [6, 6.07) is 9.87. The monoisotopic (exact) mass is 304 g/mol. The molecule has 21 heavy (non-hydrogen) atoms. The van der Waals surface area contributed by atoms with Gasteiger partial charge in [0, 0.05) is 34.0 Å². The molecule has 4 nitrogen and oxygen atoms in total. The molecule has 1 aromatic heterocycles. The molecule has 0 aliphatic rings. The first-order valence-corrected chi connectivity index (χ1v) is 7.80. The highest BCUT2D eigenvalue weighted by atomic mass is 32.1. The van der Waals surface area contributed by atoms with Crippen LogP contribution >= 0.6 is 11.3 Å². The average Bonchev–Trinajstić information content (AvgIpc) is 2.82. The molecule has 0 radical (unpaired) electrons. The summed E-state index contributed by atoms with van der Waals surface area (Å²) in [4.78, 5) is 13.3. The number of nitro groups is 1. The van der Waals surface area contributed by atoms with Crippen molar-refractivity contribution in [3.8, 4) is 0 Å². The van der Waals surface area contributed by atoms with E-state index in [9.17, 15) is 10.1 Å². The van der Waals surface area contributed by atoms with Crippen molar-refractivity contribution in [3.05, 3.63) is 61.3 Å². The zero-order valence-electron chi connectivity index (χ0n) is 12.6. The molecule has 1 unspecified atom stereocenters. The van der Waals surface area contributed by atoms with Crippen molar-refractivity contribution < 1.29 is 4.92 Å². The molecule has 2 rings (SSSR count). The SMILES string of the molecule is Cc1ccc(CC(C)NCc2cccc([N+](=O)[O-])c2C)s1. The van der Waals surface area contributed by atoms with Gasteiger partial charge in [-0.05, 0) is 44.9 Å². The zero-order valence-corrected chi connectivity index (χ0v) is 13.4. The van der Waals surface area contributed by atoms with Gasteiger partial charge in [-0.15, -0.1) is 11.3 Å². The molecular weight excluding hydrogens is 284 g/mol. The Bertz CT molecular complexity index is 637. The van der Waals surface area contributed by atoms with Gasteiger partial charge in [0.25, 0.3) is 5.69 Å². The first kappa shape index (κ1) is 15.7. The van der Waals surface area contributed by atoms with Gasteiger partial charge < -0.3 is 5.32 Å². The van der Waals surface area contributed by atoms with Crippen LogP contribution in [0.3, 0.4) is 0 Å². The van der Waals surface area contributed by atoms with Gasteiger partial charge in [0.05, 0.1) is 4.92 Å². The fourth-order valence-corrected chi connectivity index (χ4v) is 3.33. The number of aryl methyl sites for hydroxylation is 1. The summed E-state index contributed by atoms with van der Waals surface area (Å²) in [6.07, 6.45) is 0.979. The number of hydrogen-bond acceptors (Lipinski definition) is 4. The normalized spacial score (nSPS) is 12.3. The topological polar surface area (TPSA) is 55.2 Å². The maximum Gasteiger partial charge on any atom is 0.272 e. The zero-order chi connectivity index (χ0) is 15.4. The lowest BCUT2D eigenvalue weighted by atomic mass is 10.1. The molecule has 1 atom stereocenters. The lowest BCUT2D eigenvalue weighted by molar-refractivity contribution is -0.385. The lowest BCUT2D eigenvalue weighted by Gasteiger charge is -2.14. The summed E-state index contributed by atoms with van der Waals surface area (Å²) >= 11 is 1.82. The third-order valence-corrected chi connectivity index (χ3v) is 4.58. The molecular formula is C16H20N2O2S. The Morgan fingerprint density at radius 3 is 2.67 bits per heavy atom. The molecule has 0 saturated carbocycles. The molecule has 0 fully saturated rings. The van der Waals surface area contributed by atoms with Crippen LogP contribution in [0.15, 0.2) is 30.3 Å². The van der Waals surface area contributed by atoms with Crippen LogP contribution in [0.2, 0.25) is 0 Å². The fourth-order valence-electron chi connectivity index (χ4n) is 2.31. The Morgan fingerprint density at radius 2 is 2.05 bits per heavy atom. The number of hydrogen-bond donors (Lipinski definition) is 1. The van der Waals surface area contributed by atoms with Gasteiger partial charge in [-0.2, -0.15) is 0 Å². The molecule has 1 N–H and O–H groups in total. The van der Waals surface area contributed by atoms with E-state index < -0.39 is 0 Å². The van der Waals surface area contributed by atoms with Crippen molar-refractivity contribution in [2.75, 3.05) is 0 Å². The molecule has 2 aromatic rings. The van der Waals surface area contributed by atoms with Crippen LogP contribution in [0.1, 0.15) is 27.8 Å². The largest absolute Gasteiger partial charge is 0.310 e. The summed E-state index contributed by atoms with van der Waals surface area (Å²) in [7, 11) is 0. The second-order valence-corrected chi connectivity index (χ2v) is 6.69. The molecule has 0 saturated heterocycles. The predicted molar refractivity (Wildman–Crippen MR) is 86.9 cm³/mol. The average molecular weight is 304 g/mol. The molecule has 0 bridgehead atoms. The maximum absolute atomic E-state index is 10.9. The quantitative estimate of drug-likeness (QED) is 0.648. The molecule has 1 heterocycles. The summed E-state index contributed by atoms with van der Waals surface area (Å²) in [5.41, 5.74) is 1.92. The van der Waals surface area contributed by atoms with Crippen molar-refractivity contribution in [1.82, 2.24) is 5.32 Å². The van der Waals surface area contributed by atoms with Gasteiger partial charge in [-0.3, -0.25) is 10.1 Å². The first-order chi connectivity index (χ1) is 9.97. The van der Waals surface area contributed by atoms with E-state index in [4.69, 9.17) is 0 Å². The van der Waals surface area contributed by atoms with E-state index >= 15 is 0 Å². The van der Waals surface area contributed by atoms with Crippen LogP contribution in [0.5, 0.6) is 0 Å². The summed E-state index contributed by atoms with van der Waals surface area (Å²) in [5.74, 6) is 0. The number of nitrogens with zero attached hydrogens (tertiary/aromatic N) is 1. The van der Waals surface area contributed by atoms with Gasteiger partial charge in [-0.1, -0.05) is 12.1 Å². The molecule has 5 heteroatoms. The van der Waals surface area contributed by atoms with E-state index in [1.165, 1.54) is 9.75 Å². The minimum atomic E-state index is -0.323. The van der Waals surface area contributed by atoms with E-state index in [0.717, 1.165) is 17.5 Å². The Balaban J connectivity index is 1.96. The van der Waals surface area contributed by atoms with Crippen LogP contribution in [-0.2, 0) is 13.0 Å². The van der Waals surface area contributed by atoms with Crippen molar-refractivity contribution >= 4 is 17.0 Å². The van der Waals surface area contributed by atoms with Crippen molar-refractivity contribution in [2.45, 2.75) is 39.8 Å². The van der Waals surface area contributed by atoms with E-state index in [0.29, 0.717) is 12.6 Å². The van der Waals surface area contributed by atoms with Crippen molar-refractivity contribution in [2.24, 2.45) is 0 Å². The number of rotatable bonds is 6. The minimum absolute atomic E-state index is 0.191. The Kier molecular flexibility index (Phi) is 5.09. The number of nitro benzene ring substituents is 1. The van der Waals surface area contributed by atoms with Crippen molar-refractivity contribution in [3.63, 3.8) is 0 Å². The predicted octanol–water partition coefficient (Wildman–Crippen LogP) is 3.99. The molecule has 0 amide bonds. The van der Waals surface area contributed by atoms with Crippen LogP contribution < -0.4 is 5.32 Å². The Hall–Kier alpha value is -1.72. The molecule has 0 aliphatic carbocycles.